The van der Waals surface area contributed by atoms with Gasteiger partial charge >= 0.3 is 0 Å². The van der Waals surface area contributed by atoms with Gasteiger partial charge in [0.05, 0.1) is 18.7 Å². The molecule has 0 saturated heterocycles. The molecule has 14 heavy (non-hydrogen) atoms. The minimum Gasteiger partial charge on any atom is -0.496 e. The van der Waals surface area contributed by atoms with Gasteiger partial charge in [0.15, 0.2) is 0 Å². The second-order valence-electron chi connectivity index (χ2n) is 2.99. The summed E-state index contributed by atoms with van der Waals surface area (Å²) in [6.45, 7) is 0. The van der Waals surface area contributed by atoms with E-state index in [4.69, 9.17) is 16.3 Å². The van der Waals surface area contributed by atoms with Gasteiger partial charge in [-0.2, -0.15) is 0 Å². The maximum Gasteiger partial charge on any atom is 0.128 e. The Morgan fingerprint density at radius 3 is 3.00 bits per heavy atom. The van der Waals surface area contributed by atoms with Gasteiger partial charge in [-0.15, -0.1) is 11.6 Å². The lowest BCUT2D eigenvalue weighted by Gasteiger charge is -2.05. The van der Waals surface area contributed by atoms with Crippen LogP contribution in [0.4, 0.5) is 0 Å². The molecular formula is C11H10ClNO. The van der Waals surface area contributed by atoms with Gasteiger partial charge in [0.25, 0.3) is 0 Å². The van der Waals surface area contributed by atoms with Crippen molar-refractivity contribution in [1.82, 2.24) is 4.98 Å². The Kier molecular flexibility index (Phi) is 2.55. The number of nitrogens with zero attached hydrogens (tertiary/aromatic N) is 1. The third-order valence-electron chi connectivity index (χ3n) is 2.14. The molecule has 0 saturated carbocycles. The number of benzene rings is 1. The molecule has 0 atom stereocenters. The molecule has 0 aliphatic heterocycles. The third-order valence-corrected chi connectivity index (χ3v) is 2.41. The average molecular weight is 208 g/mol. The summed E-state index contributed by atoms with van der Waals surface area (Å²) in [6, 6.07) is 7.88. The summed E-state index contributed by atoms with van der Waals surface area (Å²) in [5, 5.41) is 2.12. The van der Waals surface area contributed by atoms with Gasteiger partial charge in [-0.1, -0.05) is 12.1 Å². The summed E-state index contributed by atoms with van der Waals surface area (Å²) in [4.78, 5) is 4.22. The van der Waals surface area contributed by atoms with Gasteiger partial charge in [0.2, 0.25) is 0 Å². The highest BCUT2D eigenvalue weighted by atomic mass is 35.5. The number of ether oxygens (including phenoxy) is 1. The van der Waals surface area contributed by atoms with Crippen molar-refractivity contribution in [3.8, 4) is 5.75 Å². The van der Waals surface area contributed by atoms with Gasteiger partial charge in [0, 0.05) is 11.6 Å². The topological polar surface area (TPSA) is 22.1 Å². The van der Waals surface area contributed by atoms with E-state index >= 15 is 0 Å². The van der Waals surface area contributed by atoms with E-state index in [-0.39, 0.29) is 0 Å². The lowest BCUT2D eigenvalue weighted by atomic mass is 10.1. The number of aromatic nitrogens is 1. The van der Waals surface area contributed by atoms with Crippen LogP contribution in [0.2, 0.25) is 0 Å². The minimum atomic E-state index is 0.438. The average Bonchev–Trinajstić information content (AvgIpc) is 2.27. The molecular weight excluding hydrogens is 198 g/mol. The lowest BCUT2D eigenvalue weighted by molar-refractivity contribution is 0.419. The van der Waals surface area contributed by atoms with Crippen LogP contribution in [0.15, 0.2) is 30.5 Å². The first kappa shape index (κ1) is 9.28. The number of methoxy groups -OCH3 is 1. The maximum atomic E-state index is 5.71. The van der Waals surface area contributed by atoms with Gasteiger partial charge in [0.1, 0.15) is 5.75 Å². The van der Waals surface area contributed by atoms with Crippen LogP contribution in [-0.4, -0.2) is 12.1 Å². The minimum absolute atomic E-state index is 0.438. The lowest BCUT2D eigenvalue weighted by Crippen LogP contribution is -1.88. The zero-order valence-corrected chi connectivity index (χ0v) is 8.58. The van der Waals surface area contributed by atoms with Crippen molar-refractivity contribution in [3.05, 3.63) is 36.2 Å². The van der Waals surface area contributed by atoms with E-state index in [2.05, 4.69) is 4.98 Å². The summed E-state index contributed by atoms with van der Waals surface area (Å²) in [7, 11) is 1.66. The highest BCUT2D eigenvalue weighted by molar-refractivity contribution is 6.17. The summed E-state index contributed by atoms with van der Waals surface area (Å²) in [6.07, 6.45) is 1.80. The fourth-order valence-corrected chi connectivity index (χ4v) is 1.59. The maximum absolute atomic E-state index is 5.71. The Morgan fingerprint density at radius 1 is 1.43 bits per heavy atom. The number of fused-ring (bicyclic) bond motifs is 1. The first-order chi connectivity index (χ1) is 6.85. The summed E-state index contributed by atoms with van der Waals surface area (Å²) >= 11 is 5.71. The Bertz CT molecular complexity index is 456. The van der Waals surface area contributed by atoms with E-state index in [9.17, 15) is 0 Å². The molecule has 3 heteroatoms. The van der Waals surface area contributed by atoms with E-state index in [1.165, 1.54) is 0 Å². The molecule has 72 valence electrons. The highest BCUT2D eigenvalue weighted by Crippen LogP contribution is 2.24. The molecule has 0 amide bonds. The standard InChI is InChI=1S/C11H10ClNO/c1-14-11-4-2-3-8-5-9(6-12)13-7-10(8)11/h2-5,7H,6H2,1H3. The van der Waals surface area contributed by atoms with Crippen LogP contribution in [0, 0.1) is 0 Å². The molecule has 0 N–H and O–H groups in total. The van der Waals surface area contributed by atoms with Crippen molar-refractivity contribution in [2.75, 3.05) is 7.11 Å². The van der Waals surface area contributed by atoms with E-state index in [0.29, 0.717) is 5.88 Å². The molecule has 2 aromatic rings. The number of halogens is 1. The summed E-state index contributed by atoms with van der Waals surface area (Å²) < 4.78 is 5.23. The Morgan fingerprint density at radius 2 is 2.29 bits per heavy atom. The number of rotatable bonds is 2. The van der Waals surface area contributed by atoms with E-state index < -0.39 is 0 Å². The molecule has 1 aromatic carbocycles. The highest BCUT2D eigenvalue weighted by Gasteiger charge is 2.01. The molecule has 0 aliphatic rings. The van der Waals surface area contributed by atoms with Crippen LogP contribution in [0.25, 0.3) is 10.8 Å². The monoisotopic (exact) mass is 207 g/mol. The van der Waals surface area contributed by atoms with Crippen LogP contribution in [0.5, 0.6) is 5.75 Å². The number of alkyl halides is 1. The predicted octanol–water partition coefficient (Wildman–Crippen LogP) is 2.98. The molecule has 2 rings (SSSR count). The van der Waals surface area contributed by atoms with E-state index in [0.717, 1.165) is 22.2 Å². The van der Waals surface area contributed by atoms with Crippen LogP contribution in [0.3, 0.4) is 0 Å². The zero-order valence-electron chi connectivity index (χ0n) is 7.83. The molecule has 0 unspecified atom stereocenters. The molecule has 1 aromatic heterocycles. The first-order valence-electron chi connectivity index (χ1n) is 4.33. The van der Waals surface area contributed by atoms with Crippen molar-refractivity contribution in [2.45, 2.75) is 5.88 Å². The smallest absolute Gasteiger partial charge is 0.128 e. The summed E-state index contributed by atoms with van der Waals surface area (Å²) in [5.41, 5.74) is 0.882. The van der Waals surface area contributed by atoms with Gasteiger partial charge < -0.3 is 4.74 Å². The SMILES string of the molecule is COc1cccc2cc(CCl)ncc12. The number of hydrogen-bond acceptors (Lipinski definition) is 2. The zero-order chi connectivity index (χ0) is 9.97. The molecule has 0 bridgehead atoms. The third kappa shape index (κ3) is 1.53. The summed E-state index contributed by atoms with van der Waals surface area (Å²) in [5.74, 6) is 1.28. The predicted molar refractivity (Wildman–Crippen MR) is 57.9 cm³/mol. The Hall–Kier alpha value is -1.28. The van der Waals surface area contributed by atoms with E-state index in [1.807, 2.05) is 24.3 Å². The second-order valence-corrected chi connectivity index (χ2v) is 3.26. The van der Waals surface area contributed by atoms with Gasteiger partial charge in [-0.25, -0.2) is 0 Å². The molecule has 2 nitrogen and oxygen atoms in total. The largest absolute Gasteiger partial charge is 0.496 e. The number of pyridine rings is 1. The molecule has 0 spiro atoms. The normalized spacial score (nSPS) is 10.4. The van der Waals surface area contributed by atoms with Crippen molar-refractivity contribution < 1.29 is 4.74 Å². The van der Waals surface area contributed by atoms with Crippen LogP contribution in [0.1, 0.15) is 5.69 Å². The van der Waals surface area contributed by atoms with Crippen molar-refractivity contribution >= 4 is 22.4 Å². The van der Waals surface area contributed by atoms with E-state index in [1.54, 1.807) is 13.3 Å². The molecule has 0 radical (unpaired) electrons. The van der Waals surface area contributed by atoms with Gasteiger partial charge in [-0.05, 0) is 17.5 Å². The van der Waals surface area contributed by atoms with Crippen molar-refractivity contribution in [1.29, 1.82) is 0 Å². The Balaban J connectivity index is 2.67. The Labute approximate surface area is 87.5 Å². The van der Waals surface area contributed by atoms with Crippen LogP contribution in [-0.2, 0) is 5.88 Å². The van der Waals surface area contributed by atoms with Crippen LogP contribution < -0.4 is 4.74 Å². The van der Waals surface area contributed by atoms with Crippen molar-refractivity contribution in [3.63, 3.8) is 0 Å². The van der Waals surface area contributed by atoms with Gasteiger partial charge in [-0.3, -0.25) is 4.98 Å². The second kappa shape index (κ2) is 3.84. The quantitative estimate of drug-likeness (QED) is 0.707. The van der Waals surface area contributed by atoms with Crippen molar-refractivity contribution in [2.24, 2.45) is 0 Å². The first-order valence-corrected chi connectivity index (χ1v) is 4.86. The number of hydrogen-bond donors (Lipinski definition) is 0. The molecule has 0 aliphatic carbocycles. The van der Waals surface area contributed by atoms with Crippen LogP contribution >= 0.6 is 11.6 Å². The fourth-order valence-electron chi connectivity index (χ4n) is 1.44. The fraction of sp³-hybridized carbons (Fsp3) is 0.182. The molecule has 0 fully saturated rings. The molecule has 1 heterocycles.